The maximum atomic E-state index is 13.8. The van der Waals surface area contributed by atoms with Gasteiger partial charge in [-0.3, -0.25) is 4.79 Å². The summed E-state index contributed by atoms with van der Waals surface area (Å²) in [6.45, 7) is 2.61. The molecule has 0 unspecified atom stereocenters. The van der Waals surface area contributed by atoms with Gasteiger partial charge in [0, 0.05) is 29.7 Å². The first-order valence-electron chi connectivity index (χ1n) is 12.8. The number of hydrogen-bond acceptors (Lipinski definition) is 4. The Bertz CT molecular complexity index is 1320. The Hall–Kier alpha value is -2.70. The van der Waals surface area contributed by atoms with Crippen LogP contribution in [0.2, 0.25) is 15.1 Å². The zero-order valence-corrected chi connectivity index (χ0v) is 23.2. The zero-order valence-electron chi connectivity index (χ0n) is 20.9. The first-order chi connectivity index (χ1) is 18.5. The van der Waals surface area contributed by atoms with Crippen molar-refractivity contribution in [2.24, 2.45) is 0 Å². The van der Waals surface area contributed by atoms with E-state index in [9.17, 15) is 4.79 Å². The van der Waals surface area contributed by atoms with Crippen LogP contribution in [-0.2, 0) is 11.3 Å². The third-order valence-corrected chi connectivity index (χ3v) is 7.92. The quantitative estimate of drug-likeness (QED) is 0.265. The van der Waals surface area contributed by atoms with Crippen LogP contribution >= 0.6 is 34.8 Å². The third-order valence-electron chi connectivity index (χ3n) is 6.75. The molecule has 0 atom stereocenters. The molecule has 1 amide bonds. The summed E-state index contributed by atoms with van der Waals surface area (Å²) in [5.41, 5.74) is 3.93. The molecule has 3 aromatic rings. The van der Waals surface area contributed by atoms with Crippen molar-refractivity contribution in [3.05, 3.63) is 98.5 Å². The van der Waals surface area contributed by atoms with Crippen LogP contribution in [0.15, 0.2) is 72.3 Å². The molecule has 0 aromatic heterocycles. The molecule has 1 N–H and O–H groups in total. The number of carbonyl (C=O) groups is 1. The molecular weight excluding hydrogens is 543 g/mol. The summed E-state index contributed by atoms with van der Waals surface area (Å²) in [7, 11) is 0. The van der Waals surface area contributed by atoms with E-state index in [1.807, 2.05) is 53.4 Å². The zero-order chi connectivity index (χ0) is 26.5. The van der Waals surface area contributed by atoms with Gasteiger partial charge in [0.2, 0.25) is 0 Å². The monoisotopic (exact) mass is 570 g/mol. The Morgan fingerprint density at radius 1 is 0.895 bits per heavy atom. The van der Waals surface area contributed by atoms with Gasteiger partial charge in [0.15, 0.2) is 0 Å². The Morgan fingerprint density at radius 3 is 2.39 bits per heavy atom. The average Bonchev–Trinajstić information content (AvgIpc) is 3.78. The molecule has 198 valence electrons. The summed E-state index contributed by atoms with van der Waals surface area (Å²) in [5, 5.41) is 4.93. The summed E-state index contributed by atoms with van der Waals surface area (Å²) >= 11 is 18.6. The number of halogens is 3. The van der Waals surface area contributed by atoms with Gasteiger partial charge in [-0.25, -0.2) is 0 Å². The minimum absolute atomic E-state index is 0.0896. The fourth-order valence-corrected chi connectivity index (χ4v) is 5.14. The van der Waals surface area contributed by atoms with E-state index in [0.29, 0.717) is 47.1 Å². The first-order valence-corrected chi connectivity index (χ1v) is 13.9. The van der Waals surface area contributed by atoms with Crippen LogP contribution in [-0.4, -0.2) is 43.2 Å². The number of hydrogen-bond donors (Lipinski definition) is 1. The molecule has 0 bridgehead atoms. The molecule has 1 heterocycles. The lowest BCUT2D eigenvalue weighted by atomic mass is 9.93. The highest BCUT2D eigenvalue weighted by Gasteiger charge is 2.35. The van der Waals surface area contributed by atoms with Crippen molar-refractivity contribution in [1.82, 2.24) is 10.2 Å². The van der Waals surface area contributed by atoms with Crippen molar-refractivity contribution in [3.8, 4) is 11.5 Å². The molecular formula is C30H29Cl3N2O3. The second kappa shape index (κ2) is 12.4. The summed E-state index contributed by atoms with van der Waals surface area (Å²) < 4.78 is 11.5. The van der Waals surface area contributed by atoms with Gasteiger partial charge in [-0.2, -0.15) is 0 Å². The molecule has 0 spiro atoms. The fraction of sp³-hybridized carbons (Fsp3) is 0.300. The van der Waals surface area contributed by atoms with E-state index in [2.05, 4.69) is 5.32 Å². The Kier molecular flexibility index (Phi) is 8.80. The van der Waals surface area contributed by atoms with Crippen LogP contribution in [0.4, 0.5) is 0 Å². The molecule has 1 aliphatic heterocycles. The van der Waals surface area contributed by atoms with Gasteiger partial charge in [-0.15, -0.1) is 0 Å². The lowest BCUT2D eigenvalue weighted by molar-refractivity contribution is -0.128. The van der Waals surface area contributed by atoms with E-state index in [0.717, 1.165) is 53.8 Å². The van der Waals surface area contributed by atoms with Crippen molar-refractivity contribution >= 4 is 46.3 Å². The second-order valence-electron chi connectivity index (χ2n) is 9.41. The summed E-state index contributed by atoms with van der Waals surface area (Å²) in [5.74, 6) is 1.35. The number of rotatable bonds is 10. The Balaban J connectivity index is 1.25. The van der Waals surface area contributed by atoms with E-state index in [1.54, 1.807) is 18.2 Å². The van der Waals surface area contributed by atoms with Crippen LogP contribution in [0.3, 0.4) is 0 Å². The van der Waals surface area contributed by atoms with Gasteiger partial charge >= 0.3 is 0 Å². The summed E-state index contributed by atoms with van der Waals surface area (Å²) in [6.07, 6.45) is 2.86. The van der Waals surface area contributed by atoms with E-state index < -0.39 is 0 Å². The minimum Gasteiger partial charge on any atom is -0.490 e. The van der Waals surface area contributed by atoms with Gasteiger partial charge in [0.05, 0.1) is 5.02 Å². The predicted octanol–water partition coefficient (Wildman–Crippen LogP) is 7.04. The second-order valence-corrected chi connectivity index (χ2v) is 10.6. The highest BCUT2D eigenvalue weighted by molar-refractivity contribution is 6.42. The Labute approximate surface area is 238 Å². The molecule has 1 saturated carbocycles. The van der Waals surface area contributed by atoms with Crippen LogP contribution in [0.5, 0.6) is 11.5 Å². The maximum absolute atomic E-state index is 13.8. The molecule has 5 rings (SSSR count). The predicted molar refractivity (Wildman–Crippen MR) is 153 cm³/mol. The van der Waals surface area contributed by atoms with Gasteiger partial charge in [-0.1, -0.05) is 71.2 Å². The van der Waals surface area contributed by atoms with Crippen LogP contribution in [0, 0.1) is 0 Å². The number of ether oxygens (including phenoxy) is 2. The van der Waals surface area contributed by atoms with Gasteiger partial charge in [0.25, 0.3) is 5.91 Å². The van der Waals surface area contributed by atoms with E-state index in [4.69, 9.17) is 44.3 Å². The normalized spacial score (nSPS) is 15.3. The van der Waals surface area contributed by atoms with Crippen LogP contribution in [0.1, 0.15) is 30.4 Å². The topological polar surface area (TPSA) is 50.8 Å². The summed E-state index contributed by atoms with van der Waals surface area (Å²) in [6, 6.07) is 21.2. The first kappa shape index (κ1) is 26.9. The highest BCUT2D eigenvalue weighted by atomic mass is 35.5. The Morgan fingerprint density at radius 2 is 1.63 bits per heavy atom. The largest absolute Gasteiger partial charge is 0.490 e. The molecule has 8 heteroatoms. The van der Waals surface area contributed by atoms with Crippen molar-refractivity contribution in [2.75, 3.05) is 26.3 Å². The lowest BCUT2D eigenvalue weighted by Crippen LogP contribution is -2.39. The van der Waals surface area contributed by atoms with Gasteiger partial charge in [-0.05, 0) is 72.8 Å². The number of carbonyl (C=O) groups excluding carboxylic acids is 1. The molecule has 3 aromatic carbocycles. The molecule has 1 aliphatic carbocycles. The van der Waals surface area contributed by atoms with Crippen LogP contribution < -0.4 is 14.8 Å². The van der Waals surface area contributed by atoms with Crippen molar-refractivity contribution in [3.63, 3.8) is 0 Å². The van der Waals surface area contributed by atoms with Crippen LogP contribution in [0.25, 0.3) is 5.57 Å². The summed E-state index contributed by atoms with van der Waals surface area (Å²) in [4.78, 5) is 15.8. The smallest absolute Gasteiger partial charge is 0.251 e. The van der Waals surface area contributed by atoms with Crippen molar-refractivity contribution in [2.45, 2.75) is 31.8 Å². The molecule has 2 aliphatic rings. The van der Waals surface area contributed by atoms with Crippen molar-refractivity contribution < 1.29 is 14.3 Å². The number of nitrogens with zero attached hydrogens (tertiary/aromatic N) is 1. The number of nitrogens with one attached hydrogen (secondary N) is 1. The standard InChI is InChI=1S/C30H29Cl3N2O3/c31-26-5-2-1-4-21(26)19-35(22-10-11-22)30(36)25-18-34-15-14-24(25)20-8-12-23(13-9-20)37-16-17-38-28-7-3-6-27(32)29(28)33/h1-9,12-13,22,34H,10-11,14-19H2. The van der Waals surface area contributed by atoms with E-state index in [-0.39, 0.29) is 11.9 Å². The number of benzene rings is 3. The molecule has 0 saturated heterocycles. The molecule has 5 nitrogen and oxygen atoms in total. The number of amides is 1. The van der Waals surface area contributed by atoms with Gasteiger partial charge in [0.1, 0.15) is 29.7 Å². The van der Waals surface area contributed by atoms with E-state index >= 15 is 0 Å². The average molecular weight is 572 g/mol. The molecule has 38 heavy (non-hydrogen) atoms. The third kappa shape index (κ3) is 6.47. The fourth-order valence-electron chi connectivity index (χ4n) is 4.60. The molecule has 0 radical (unpaired) electrons. The SMILES string of the molecule is O=C(C1=C(c2ccc(OCCOc3cccc(Cl)c3Cl)cc2)CCNC1)N(Cc1ccccc1Cl)C1CC1. The van der Waals surface area contributed by atoms with Gasteiger partial charge < -0.3 is 19.7 Å². The van der Waals surface area contributed by atoms with E-state index in [1.165, 1.54) is 0 Å². The minimum atomic E-state index is 0.0896. The lowest BCUT2D eigenvalue weighted by Gasteiger charge is -2.28. The maximum Gasteiger partial charge on any atom is 0.251 e. The van der Waals surface area contributed by atoms with Crippen molar-refractivity contribution in [1.29, 1.82) is 0 Å². The highest BCUT2D eigenvalue weighted by Crippen LogP contribution is 2.34. The molecule has 1 fully saturated rings.